The zero-order valence-electron chi connectivity index (χ0n) is 15.0. The van der Waals surface area contributed by atoms with Crippen molar-refractivity contribution in [3.05, 3.63) is 69.8 Å². The maximum atomic E-state index is 13.8. The van der Waals surface area contributed by atoms with Crippen molar-refractivity contribution in [2.45, 2.75) is 13.0 Å². The summed E-state index contributed by atoms with van der Waals surface area (Å²) in [4.78, 5) is 26.3. The van der Waals surface area contributed by atoms with E-state index in [4.69, 9.17) is 0 Å². The van der Waals surface area contributed by atoms with Gasteiger partial charge in [0.25, 0.3) is 11.5 Å². The van der Waals surface area contributed by atoms with E-state index in [0.717, 1.165) is 23.0 Å². The third-order valence-electron chi connectivity index (χ3n) is 4.84. The molecule has 9 heteroatoms. The fourth-order valence-corrected chi connectivity index (χ4v) is 3.14. The van der Waals surface area contributed by atoms with Gasteiger partial charge in [-0.2, -0.15) is 10.2 Å². The van der Waals surface area contributed by atoms with Gasteiger partial charge in [0.05, 0.1) is 28.8 Å². The molecule has 0 aliphatic rings. The van der Waals surface area contributed by atoms with E-state index in [0.29, 0.717) is 5.56 Å². The van der Waals surface area contributed by atoms with Gasteiger partial charge >= 0.3 is 0 Å². The first-order valence-electron chi connectivity index (χ1n) is 8.44. The summed E-state index contributed by atoms with van der Waals surface area (Å²) in [5, 5.41) is 13.9. The lowest BCUT2D eigenvalue weighted by Crippen LogP contribution is -2.31. The van der Waals surface area contributed by atoms with Gasteiger partial charge < -0.3 is 4.90 Å². The number of H-pyrrole nitrogens is 2. The average molecular weight is 383 g/mol. The highest BCUT2D eigenvalue weighted by molar-refractivity contribution is 5.98. The molecule has 0 saturated heterocycles. The van der Waals surface area contributed by atoms with Gasteiger partial charge in [-0.15, -0.1) is 0 Å². The van der Waals surface area contributed by atoms with Crippen molar-refractivity contribution in [1.29, 1.82) is 0 Å². The third-order valence-corrected chi connectivity index (χ3v) is 4.84. The lowest BCUT2D eigenvalue weighted by atomic mass is 10.0. The first-order chi connectivity index (χ1) is 13.4. The van der Waals surface area contributed by atoms with Crippen molar-refractivity contribution < 1.29 is 13.6 Å². The first kappa shape index (κ1) is 17.8. The number of carbonyl (C=O) groups is 1. The summed E-state index contributed by atoms with van der Waals surface area (Å²) in [5.41, 5.74) is 0.866. The van der Waals surface area contributed by atoms with E-state index in [2.05, 4.69) is 20.4 Å². The number of fused-ring (bicyclic) bond motifs is 2. The molecule has 2 heterocycles. The quantitative estimate of drug-likeness (QED) is 0.569. The zero-order valence-corrected chi connectivity index (χ0v) is 15.0. The molecule has 0 saturated carbocycles. The maximum absolute atomic E-state index is 13.8. The van der Waals surface area contributed by atoms with Crippen LogP contribution in [0.15, 0.2) is 41.3 Å². The number of nitrogens with zero attached hydrogens (tertiary/aromatic N) is 3. The number of rotatable bonds is 3. The Kier molecular flexibility index (Phi) is 4.14. The van der Waals surface area contributed by atoms with Gasteiger partial charge in [-0.25, -0.2) is 13.9 Å². The van der Waals surface area contributed by atoms with Crippen LogP contribution in [-0.2, 0) is 0 Å². The Hall–Kier alpha value is -3.62. The number of benzene rings is 2. The number of hydrogen-bond donors (Lipinski definition) is 2. The zero-order chi connectivity index (χ0) is 20.0. The van der Waals surface area contributed by atoms with Crippen LogP contribution in [-0.4, -0.2) is 38.2 Å². The molecule has 28 heavy (non-hydrogen) atoms. The van der Waals surface area contributed by atoms with Gasteiger partial charge in [-0.3, -0.25) is 14.7 Å². The molecule has 0 radical (unpaired) electrons. The maximum Gasteiger partial charge on any atom is 0.272 e. The molecule has 7 nitrogen and oxygen atoms in total. The summed E-state index contributed by atoms with van der Waals surface area (Å²) in [6, 6.07) is 6.26. The van der Waals surface area contributed by atoms with E-state index in [1.54, 1.807) is 38.4 Å². The normalized spacial score (nSPS) is 12.4. The molecule has 2 aromatic heterocycles. The molecule has 0 unspecified atom stereocenters. The summed E-state index contributed by atoms with van der Waals surface area (Å²) >= 11 is 0. The standard InChI is InChI=1S/C19H15F2N5O2/c1-9(17-12-6-14(20)15(21)7-13(12)18(27)25-24-17)26(2)19(28)10-3-4-16-11(5-10)8-22-23-16/h3-9H,1-2H3,(H,22,23)(H,25,27)/t9-/m0/s1. The lowest BCUT2D eigenvalue weighted by molar-refractivity contribution is 0.0740. The summed E-state index contributed by atoms with van der Waals surface area (Å²) in [7, 11) is 1.57. The van der Waals surface area contributed by atoms with Crippen LogP contribution in [0.2, 0.25) is 0 Å². The second-order valence-electron chi connectivity index (χ2n) is 6.51. The smallest absolute Gasteiger partial charge is 0.272 e. The summed E-state index contributed by atoms with van der Waals surface area (Å²) in [6.07, 6.45) is 1.61. The van der Waals surface area contributed by atoms with Crippen LogP contribution in [0.25, 0.3) is 21.7 Å². The third kappa shape index (κ3) is 2.81. The van der Waals surface area contributed by atoms with Crippen molar-refractivity contribution in [3.8, 4) is 0 Å². The van der Waals surface area contributed by atoms with Gasteiger partial charge in [0, 0.05) is 23.4 Å². The van der Waals surface area contributed by atoms with Crippen LogP contribution in [0, 0.1) is 11.6 Å². The van der Waals surface area contributed by atoms with Gasteiger partial charge in [-0.1, -0.05) is 0 Å². The lowest BCUT2D eigenvalue weighted by Gasteiger charge is -2.25. The second kappa shape index (κ2) is 6.52. The number of halogens is 2. The van der Waals surface area contributed by atoms with Gasteiger partial charge in [-0.05, 0) is 37.3 Å². The minimum atomic E-state index is -1.12. The Labute approximate surface area is 157 Å². The van der Waals surface area contributed by atoms with Crippen molar-refractivity contribution >= 4 is 27.6 Å². The number of aromatic amines is 2. The molecule has 4 rings (SSSR count). The molecule has 0 spiro atoms. The minimum Gasteiger partial charge on any atom is -0.333 e. The predicted octanol–water partition coefficient (Wildman–Crippen LogP) is 2.91. The highest BCUT2D eigenvalue weighted by atomic mass is 19.2. The summed E-state index contributed by atoms with van der Waals surface area (Å²) < 4.78 is 27.3. The van der Waals surface area contributed by atoms with Gasteiger partial charge in [0.1, 0.15) is 0 Å². The Morgan fingerprint density at radius 1 is 1.11 bits per heavy atom. The number of carbonyl (C=O) groups excluding carboxylic acids is 1. The Morgan fingerprint density at radius 3 is 2.57 bits per heavy atom. The van der Waals surface area contributed by atoms with E-state index >= 15 is 0 Å². The van der Waals surface area contributed by atoms with Crippen LogP contribution in [0.5, 0.6) is 0 Å². The molecule has 2 N–H and O–H groups in total. The van der Waals surface area contributed by atoms with Crippen molar-refractivity contribution in [2.24, 2.45) is 0 Å². The topological polar surface area (TPSA) is 94.7 Å². The van der Waals surface area contributed by atoms with E-state index in [1.165, 1.54) is 4.90 Å². The summed E-state index contributed by atoms with van der Waals surface area (Å²) in [6.45, 7) is 1.69. The van der Waals surface area contributed by atoms with Crippen molar-refractivity contribution in [2.75, 3.05) is 7.05 Å². The summed E-state index contributed by atoms with van der Waals surface area (Å²) in [5.74, 6) is -2.51. The van der Waals surface area contributed by atoms with Crippen molar-refractivity contribution in [1.82, 2.24) is 25.3 Å². The van der Waals surface area contributed by atoms with E-state index in [9.17, 15) is 18.4 Å². The molecule has 0 aliphatic carbocycles. The monoisotopic (exact) mass is 383 g/mol. The van der Waals surface area contributed by atoms with Crippen LogP contribution in [0.3, 0.4) is 0 Å². The number of nitrogens with one attached hydrogen (secondary N) is 2. The molecule has 0 aliphatic heterocycles. The first-order valence-corrected chi connectivity index (χ1v) is 8.44. The van der Waals surface area contributed by atoms with Crippen LogP contribution in [0.1, 0.15) is 29.0 Å². The number of hydrogen-bond acceptors (Lipinski definition) is 4. The van der Waals surface area contributed by atoms with E-state index < -0.39 is 23.2 Å². The Bertz CT molecular complexity index is 1280. The Balaban J connectivity index is 1.75. The molecule has 142 valence electrons. The molecule has 1 atom stereocenters. The van der Waals surface area contributed by atoms with E-state index in [-0.39, 0.29) is 22.4 Å². The largest absolute Gasteiger partial charge is 0.333 e. The Morgan fingerprint density at radius 2 is 1.82 bits per heavy atom. The fourth-order valence-electron chi connectivity index (χ4n) is 3.14. The van der Waals surface area contributed by atoms with Gasteiger partial charge in [0.2, 0.25) is 0 Å². The molecule has 2 aromatic carbocycles. The molecule has 4 aromatic rings. The highest BCUT2D eigenvalue weighted by Gasteiger charge is 2.24. The molecule has 1 amide bonds. The average Bonchev–Trinajstić information content (AvgIpc) is 3.16. The highest BCUT2D eigenvalue weighted by Crippen LogP contribution is 2.26. The van der Waals surface area contributed by atoms with Crippen molar-refractivity contribution in [3.63, 3.8) is 0 Å². The van der Waals surface area contributed by atoms with Crippen LogP contribution >= 0.6 is 0 Å². The number of aromatic nitrogens is 4. The molecule has 0 bridgehead atoms. The molecular weight excluding hydrogens is 368 g/mol. The van der Waals surface area contributed by atoms with E-state index in [1.807, 2.05) is 0 Å². The fraction of sp³-hybridized carbons (Fsp3) is 0.158. The molecular formula is C19H15F2N5O2. The minimum absolute atomic E-state index is 0.0311. The van der Waals surface area contributed by atoms with Gasteiger partial charge in [0.15, 0.2) is 11.6 Å². The second-order valence-corrected chi connectivity index (χ2v) is 6.51. The van der Waals surface area contributed by atoms with Crippen LogP contribution < -0.4 is 5.56 Å². The molecule has 0 fully saturated rings. The van der Waals surface area contributed by atoms with Crippen LogP contribution in [0.4, 0.5) is 8.78 Å². The SMILES string of the molecule is C[C@@H](c1n[nH]c(=O)c2cc(F)c(F)cc12)N(C)C(=O)c1ccc2[nH]ncc2c1. The predicted molar refractivity (Wildman–Crippen MR) is 98.9 cm³/mol. The number of amides is 1.